The molecule has 5 heteroatoms. The van der Waals surface area contributed by atoms with Gasteiger partial charge in [0.25, 0.3) is 0 Å². The molecular weight excluding hydrogens is 334 g/mol. The number of aromatic amines is 1. The first kappa shape index (κ1) is 17.2. The average Bonchev–Trinajstić information content (AvgIpc) is 2.54. The highest BCUT2D eigenvalue weighted by atomic mass is 35.5. The number of hydrogen-bond donors (Lipinski definition) is 1. The summed E-state index contributed by atoms with van der Waals surface area (Å²) in [5, 5.41) is 10.1. The molecule has 0 aliphatic rings. The van der Waals surface area contributed by atoms with Gasteiger partial charge in [-0.2, -0.15) is 5.26 Å². The molecule has 126 valence electrons. The Labute approximate surface area is 151 Å². The number of nitrogens with zero attached hydrogens (tertiary/aromatic N) is 2. The van der Waals surface area contributed by atoms with E-state index in [2.05, 4.69) is 36.8 Å². The smallest absolute Gasteiger partial charge is 0.192 e. The van der Waals surface area contributed by atoms with E-state index in [-0.39, 0.29) is 16.5 Å². The van der Waals surface area contributed by atoms with E-state index in [4.69, 9.17) is 16.9 Å². The van der Waals surface area contributed by atoms with E-state index < -0.39 is 0 Å². The van der Waals surface area contributed by atoms with Gasteiger partial charge in [0.2, 0.25) is 0 Å². The molecule has 0 atom stereocenters. The molecule has 2 heterocycles. The Morgan fingerprint density at radius 3 is 2.60 bits per heavy atom. The number of hydrogen-bond acceptors (Lipinski definition) is 3. The summed E-state index contributed by atoms with van der Waals surface area (Å²) in [6.45, 7) is 8.33. The maximum Gasteiger partial charge on any atom is 0.192 e. The topological polar surface area (TPSA) is 69.5 Å². The Morgan fingerprint density at radius 2 is 1.96 bits per heavy atom. The Bertz CT molecular complexity index is 1090. The summed E-state index contributed by atoms with van der Waals surface area (Å²) in [6, 6.07) is 9.11. The van der Waals surface area contributed by atoms with Crippen LogP contribution in [-0.2, 0) is 5.41 Å². The van der Waals surface area contributed by atoms with Crippen molar-refractivity contribution in [2.24, 2.45) is 0 Å². The Balaban J connectivity index is 2.27. The van der Waals surface area contributed by atoms with Crippen molar-refractivity contribution in [3.8, 4) is 17.3 Å². The monoisotopic (exact) mass is 351 g/mol. The molecular formula is C20H18ClN3O. The molecule has 0 radical (unpaired) electrons. The van der Waals surface area contributed by atoms with Crippen molar-refractivity contribution in [3.05, 3.63) is 62.5 Å². The van der Waals surface area contributed by atoms with Crippen LogP contribution in [0.4, 0.5) is 0 Å². The first-order valence-electron chi connectivity index (χ1n) is 7.95. The minimum atomic E-state index is -0.233. The Hall–Kier alpha value is -2.64. The third-order valence-corrected chi connectivity index (χ3v) is 4.57. The van der Waals surface area contributed by atoms with E-state index in [0.29, 0.717) is 21.6 Å². The molecule has 0 spiro atoms. The van der Waals surface area contributed by atoms with E-state index in [1.165, 1.54) is 12.3 Å². The summed E-state index contributed by atoms with van der Waals surface area (Å²) < 4.78 is 0. The van der Waals surface area contributed by atoms with Crippen LogP contribution in [0.25, 0.3) is 22.2 Å². The Kier molecular flexibility index (Phi) is 4.14. The van der Waals surface area contributed by atoms with Crippen molar-refractivity contribution in [2.75, 3.05) is 0 Å². The zero-order valence-electron chi connectivity index (χ0n) is 14.6. The minimum Gasteiger partial charge on any atom is -0.354 e. The number of nitrogens with one attached hydrogen (secondary N) is 1. The van der Waals surface area contributed by atoms with Gasteiger partial charge >= 0.3 is 0 Å². The molecule has 1 aromatic carbocycles. The van der Waals surface area contributed by atoms with Crippen molar-refractivity contribution in [1.82, 2.24) is 9.97 Å². The van der Waals surface area contributed by atoms with Crippen LogP contribution >= 0.6 is 11.6 Å². The standard InChI is InChI=1S/C20H18ClN3O/c1-11-7-13(20(2,3)4)14(21)8-12(11)16-9-18(25)19-15(24-16)5-6-23-17(19)10-22/h5-9H,1-4H3,(H,24,25). The molecule has 0 saturated carbocycles. The van der Waals surface area contributed by atoms with Gasteiger partial charge in [0.05, 0.1) is 16.6 Å². The second-order valence-electron chi connectivity index (χ2n) is 7.14. The van der Waals surface area contributed by atoms with Crippen LogP contribution in [-0.4, -0.2) is 9.97 Å². The number of rotatable bonds is 1. The third kappa shape index (κ3) is 3.04. The average molecular weight is 352 g/mol. The van der Waals surface area contributed by atoms with E-state index in [1.54, 1.807) is 6.07 Å². The first-order chi connectivity index (χ1) is 11.7. The largest absolute Gasteiger partial charge is 0.354 e. The maximum absolute atomic E-state index is 12.5. The number of benzene rings is 1. The van der Waals surface area contributed by atoms with Crippen LogP contribution in [0.5, 0.6) is 0 Å². The molecule has 25 heavy (non-hydrogen) atoms. The number of fused-ring (bicyclic) bond motifs is 1. The van der Waals surface area contributed by atoms with Crippen molar-refractivity contribution < 1.29 is 0 Å². The highest BCUT2D eigenvalue weighted by molar-refractivity contribution is 6.31. The summed E-state index contributed by atoms with van der Waals surface area (Å²) in [6.07, 6.45) is 1.52. The molecule has 0 amide bonds. The predicted octanol–water partition coefficient (Wildman–Crippen LogP) is 4.72. The summed E-state index contributed by atoms with van der Waals surface area (Å²) in [7, 11) is 0. The maximum atomic E-state index is 12.5. The molecule has 0 aliphatic carbocycles. The quantitative estimate of drug-likeness (QED) is 0.689. The molecule has 3 rings (SSSR count). The molecule has 1 N–H and O–H groups in total. The molecule has 0 saturated heterocycles. The fourth-order valence-electron chi connectivity index (χ4n) is 2.98. The fourth-order valence-corrected chi connectivity index (χ4v) is 3.42. The van der Waals surface area contributed by atoms with Gasteiger partial charge in [0.1, 0.15) is 6.07 Å². The highest BCUT2D eigenvalue weighted by Crippen LogP contribution is 2.35. The van der Waals surface area contributed by atoms with Gasteiger partial charge < -0.3 is 4.98 Å². The number of aryl methyl sites for hydroxylation is 1. The van der Waals surface area contributed by atoms with Gasteiger partial charge in [-0.3, -0.25) is 4.79 Å². The highest BCUT2D eigenvalue weighted by Gasteiger charge is 2.20. The Morgan fingerprint density at radius 1 is 1.24 bits per heavy atom. The minimum absolute atomic E-state index is 0.0649. The van der Waals surface area contributed by atoms with Crippen LogP contribution in [0.1, 0.15) is 37.6 Å². The lowest BCUT2D eigenvalue weighted by Crippen LogP contribution is -2.12. The normalized spacial score (nSPS) is 11.5. The van der Waals surface area contributed by atoms with Crippen LogP contribution in [0.15, 0.2) is 35.3 Å². The van der Waals surface area contributed by atoms with Crippen molar-refractivity contribution in [2.45, 2.75) is 33.1 Å². The van der Waals surface area contributed by atoms with Gasteiger partial charge in [0, 0.05) is 22.8 Å². The van der Waals surface area contributed by atoms with E-state index in [1.807, 2.05) is 19.1 Å². The van der Waals surface area contributed by atoms with Crippen molar-refractivity contribution >= 4 is 22.5 Å². The lowest BCUT2D eigenvalue weighted by Gasteiger charge is -2.22. The zero-order valence-corrected chi connectivity index (χ0v) is 15.3. The van der Waals surface area contributed by atoms with Gasteiger partial charge in [0.15, 0.2) is 11.1 Å². The van der Waals surface area contributed by atoms with E-state index >= 15 is 0 Å². The number of pyridine rings is 2. The number of halogens is 1. The molecule has 0 bridgehead atoms. The van der Waals surface area contributed by atoms with Gasteiger partial charge in [-0.05, 0) is 35.6 Å². The first-order valence-corrected chi connectivity index (χ1v) is 8.33. The molecule has 4 nitrogen and oxygen atoms in total. The summed E-state index contributed by atoms with van der Waals surface area (Å²) in [5.74, 6) is 0. The van der Waals surface area contributed by atoms with E-state index in [9.17, 15) is 4.79 Å². The van der Waals surface area contributed by atoms with Crippen LogP contribution in [0.2, 0.25) is 5.02 Å². The third-order valence-electron chi connectivity index (χ3n) is 4.26. The van der Waals surface area contributed by atoms with Crippen LogP contribution < -0.4 is 5.43 Å². The summed E-state index contributed by atoms with van der Waals surface area (Å²) in [5.41, 5.74) is 4.05. The van der Waals surface area contributed by atoms with E-state index in [0.717, 1.165) is 16.7 Å². The second-order valence-corrected chi connectivity index (χ2v) is 7.55. The molecule has 0 aliphatic heterocycles. The predicted molar refractivity (Wildman–Crippen MR) is 101 cm³/mol. The summed E-state index contributed by atoms with van der Waals surface area (Å²) >= 11 is 6.50. The van der Waals surface area contributed by atoms with Gasteiger partial charge in [-0.25, -0.2) is 4.98 Å². The zero-order chi connectivity index (χ0) is 18.4. The fraction of sp³-hybridized carbons (Fsp3) is 0.250. The number of H-pyrrole nitrogens is 1. The lowest BCUT2D eigenvalue weighted by atomic mass is 9.85. The lowest BCUT2D eigenvalue weighted by molar-refractivity contribution is 0.590. The summed E-state index contributed by atoms with van der Waals surface area (Å²) in [4.78, 5) is 19.7. The second kappa shape index (κ2) is 6.02. The van der Waals surface area contributed by atoms with Crippen LogP contribution in [0.3, 0.4) is 0 Å². The molecule has 0 unspecified atom stereocenters. The van der Waals surface area contributed by atoms with Crippen molar-refractivity contribution in [1.29, 1.82) is 5.26 Å². The SMILES string of the molecule is Cc1cc(C(C)(C)C)c(Cl)cc1-c1cc(=O)c2c(C#N)nccc2[nH]1. The van der Waals surface area contributed by atoms with Gasteiger partial charge in [-0.1, -0.05) is 38.4 Å². The van der Waals surface area contributed by atoms with Gasteiger partial charge in [-0.15, -0.1) is 0 Å². The van der Waals surface area contributed by atoms with Crippen LogP contribution in [0, 0.1) is 18.3 Å². The number of aromatic nitrogens is 2. The molecule has 0 fully saturated rings. The number of nitriles is 1. The van der Waals surface area contributed by atoms with Crippen molar-refractivity contribution in [3.63, 3.8) is 0 Å². The molecule has 3 aromatic rings. The molecule has 2 aromatic heterocycles.